The summed E-state index contributed by atoms with van der Waals surface area (Å²) >= 11 is 0. The molecule has 7 nitrogen and oxygen atoms in total. The molecular formula is C22H25N3O4. The smallest absolute Gasteiger partial charge is 0.291 e. The number of carbonyl (C=O) groups is 1. The molecule has 7 heteroatoms. The van der Waals surface area contributed by atoms with Gasteiger partial charge in [-0.15, -0.1) is 0 Å². The maximum Gasteiger partial charge on any atom is 0.291 e. The fraction of sp³-hybridized carbons (Fsp3) is 0.545. The number of hydrogen-bond acceptors (Lipinski definition) is 6. The average Bonchev–Trinajstić information content (AvgIpc) is 3.44. The van der Waals surface area contributed by atoms with Gasteiger partial charge in [-0.25, -0.2) is 4.98 Å². The molecule has 152 valence electrons. The largest absolute Gasteiger partial charge is 0.454 e. The summed E-state index contributed by atoms with van der Waals surface area (Å²) in [6.07, 6.45) is 2.32. The number of hydrogen-bond donors (Lipinski definition) is 0. The van der Waals surface area contributed by atoms with Crippen LogP contribution in [0.4, 0.5) is 0 Å². The van der Waals surface area contributed by atoms with Gasteiger partial charge in [0.1, 0.15) is 0 Å². The van der Waals surface area contributed by atoms with Crippen molar-refractivity contribution in [3.8, 4) is 11.5 Å². The second kappa shape index (κ2) is 6.23. The third-order valence-electron chi connectivity index (χ3n) is 7.18. The van der Waals surface area contributed by atoms with Crippen molar-refractivity contribution >= 4 is 5.91 Å². The molecule has 7 rings (SSSR count). The zero-order valence-corrected chi connectivity index (χ0v) is 16.8. The standard InChI is InChI=1S/C22H25N3O4/c1-12-21(29-13(2)23-12)22(26)25-10-16(15-3-4-17-18(9-15)28-11-27-17)20-19(25)14-5-7-24(20)8-6-14/h3-4,9,14,16,19-20H,5-8,10-11H2,1-2H3/t16-,19+,20+/m0/s1. The average molecular weight is 395 g/mol. The Bertz CT molecular complexity index is 978. The summed E-state index contributed by atoms with van der Waals surface area (Å²) in [7, 11) is 0. The Morgan fingerprint density at radius 3 is 2.66 bits per heavy atom. The second-order valence-electron chi connectivity index (χ2n) is 8.68. The molecule has 4 saturated heterocycles. The quantitative estimate of drug-likeness (QED) is 0.779. The van der Waals surface area contributed by atoms with E-state index >= 15 is 0 Å². The number of ether oxygens (including phenoxy) is 2. The van der Waals surface area contributed by atoms with Crippen LogP contribution in [0, 0.1) is 19.8 Å². The molecule has 1 aromatic carbocycles. The van der Waals surface area contributed by atoms with E-state index in [4.69, 9.17) is 13.9 Å². The van der Waals surface area contributed by atoms with Crippen molar-refractivity contribution < 1.29 is 18.7 Å². The SMILES string of the molecule is Cc1nc(C)c(C(=O)N2C[C@@H](c3ccc4c(c3)OCO4)[C@@H]3[C@H]2C2CCN3CC2)o1. The minimum absolute atomic E-state index is 0.0184. The van der Waals surface area contributed by atoms with Crippen LogP contribution < -0.4 is 9.47 Å². The van der Waals surface area contributed by atoms with E-state index in [0.717, 1.165) is 37.4 Å². The van der Waals surface area contributed by atoms with Crippen LogP contribution in [-0.4, -0.2) is 59.2 Å². The van der Waals surface area contributed by atoms with E-state index in [-0.39, 0.29) is 24.7 Å². The molecule has 3 atom stereocenters. The molecule has 0 spiro atoms. The molecule has 6 heterocycles. The van der Waals surface area contributed by atoms with Gasteiger partial charge in [-0.3, -0.25) is 9.69 Å². The maximum absolute atomic E-state index is 13.5. The summed E-state index contributed by atoms with van der Waals surface area (Å²) in [5.41, 5.74) is 1.90. The van der Waals surface area contributed by atoms with Crippen molar-refractivity contribution in [2.45, 2.75) is 44.7 Å². The highest BCUT2D eigenvalue weighted by atomic mass is 16.7. The number of carbonyl (C=O) groups excluding carboxylic acids is 1. The maximum atomic E-state index is 13.5. The molecule has 0 N–H and O–H groups in total. The number of likely N-dealkylation sites (tertiary alicyclic amines) is 1. The molecule has 1 amide bonds. The van der Waals surface area contributed by atoms with Crippen LogP contribution in [-0.2, 0) is 0 Å². The third-order valence-corrected chi connectivity index (χ3v) is 7.18. The molecular weight excluding hydrogens is 370 g/mol. The summed E-state index contributed by atoms with van der Waals surface area (Å²) in [6, 6.07) is 6.81. The van der Waals surface area contributed by atoms with Crippen LogP contribution in [0.5, 0.6) is 11.5 Å². The summed E-state index contributed by atoms with van der Waals surface area (Å²) in [5, 5.41) is 0. The molecule has 2 aromatic rings. The predicted molar refractivity (Wildman–Crippen MR) is 104 cm³/mol. The van der Waals surface area contributed by atoms with Gasteiger partial charge < -0.3 is 18.8 Å². The van der Waals surface area contributed by atoms with Crippen LogP contribution >= 0.6 is 0 Å². The lowest BCUT2D eigenvalue weighted by molar-refractivity contribution is -0.00435. The lowest BCUT2D eigenvalue weighted by atomic mass is 9.75. The lowest BCUT2D eigenvalue weighted by Gasteiger charge is -2.51. The van der Waals surface area contributed by atoms with Gasteiger partial charge in [0.2, 0.25) is 12.6 Å². The highest BCUT2D eigenvalue weighted by Crippen LogP contribution is 2.48. The van der Waals surface area contributed by atoms with Crippen molar-refractivity contribution in [1.82, 2.24) is 14.8 Å². The second-order valence-corrected chi connectivity index (χ2v) is 8.68. The van der Waals surface area contributed by atoms with E-state index in [2.05, 4.69) is 26.9 Å². The molecule has 0 aliphatic carbocycles. The van der Waals surface area contributed by atoms with Crippen molar-refractivity contribution in [1.29, 1.82) is 0 Å². The van der Waals surface area contributed by atoms with Crippen molar-refractivity contribution in [2.24, 2.45) is 5.92 Å². The summed E-state index contributed by atoms with van der Waals surface area (Å²) < 4.78 is 16.8. The van der Waals surface area contributed by atoms with Crippen LogP contribution in [0.15, 0.2) is 22.6 Å². The highest BCUT2D eigenvalue weighted by molar-refractivity contribution is 5.93. The topological polar surface area (TPSA) is 68.0 Å². The van der Waals surface area contributed by atoms with Crippen molar-refractivity contribution in [3.05, 3.63) is 41.1 Å². The molecule has 1 aromatic heterocycles. The molecule has 0 unspecified atom stereocenters. The Morgan fingerprint density at radius 2 is 1.90 bits per heavy atom. The molecule has 0 saturated carbocycles. The van der Waals surface area contributed by atoms with E-state index in [1.165, 1.54) is 5.56 Å². The first kappa shape index (κ1) is 17.3. The van der Waals surface area contributed by atoms with Gasteiger partial charge in [0.25, 0.3) is 5.91 Å². The van der Waals surface area contributed by atoms with E-state index < -0.39 is 0 Å². The van der Waals surface area contributed by atoms with Gasteiger partial charge in [0, 0.05) is 25.4 Å². The van der Waals surface area contributed by atoms with Crippen LogP contribution in [0.25, 0.3) is 0 Å². The molecule has 29 heavy (non-hydrogen) atoms. The number of oxazole rings is 1. The van der Waals surface area contributed by atoms with Gasteiger partial charge in [-0.1, -0.05) is 6.07 Å². The van der Waals surface area contributed by atoms with Crippen molar-refractivity contribution in [2.75, 3.05) is 26.4 Å². The number of amides is 1. The zero-order valence-electron chi connectivity index (χ0n) is 16.8. The van der Waals surface area contributed by atoms with Gasteiger partial charge in [0.15, 0.2) is 17.4 Å². The Kier molecular flexibility index (Phi) is 3.72. The molecule has 0 radical (unpaired) electrons. The number of aromatic nitrogens is 1. The fourth-order valence-electron chi connectivity index (χ4n) is 5.95. The number of aryl methyl sites for hydroxylation is 2. The number of nitrogens with zero attached hydrogens (tertiary/aromatic N) is 3. The van der Waals surface area contributed by atoms with Gasteiger partial charge >= 0.3 is 0 Å². The first-order chi connectivity index (χ1) is 14.1. The molecule has 4 fully saturated rings. The van der Waals surface area contributed by atoms with Gasteiger partial charge in [-0.05, 0) is 56.5 Å². The molecule has 5 aliphatic rings. The summed E-state index contributed by atoms with van der Waals surface area (Å²) in [5.74, 6) is 3.33. The monoisotopic (exact) mass is 395 g/mol. The summed E-state index contributed by atoms with van der Waals surface area (Å²) in [4.78, 5) is 22.5. The lowest BCUT2D eigenvalue weighted by Crippen LogP contribution is -2.60. The van der Waals surface area contributed by atoms with Gasteiger partial charge in [-0.2, -0.15) is 0 Å². The van der Waals surface area contributed by atoms with Crippen molar-refractivity contribution in [3.63, 3.8) is 0 Å². The first-order valence-corrected chi connectivity index (χ1v) is 10.5. The summed E-state index contributed by atoms with van der Waals surface area (Å²) in [6.45, 7) is 6.85. The molecule has 5 aliphatic heterocycles. The minimum atomic E-state index is -0.0184. The minimum Gasteiger partial charge on any atom is -0.454 e. The number of rotatable bonds is 2. The number of fused-ring (bicyclic) bond motifs is 3. The number of piperidine rings is 3. The van der Waals surface area contributed by atoms with E-state index in [1.54, 1.807) is 6.92 Å². The zero-order chi connectivity index (χ0) is 19.7. The van der Waals surface area contributed by atoms with E-state index in [0.29, 0.717) is 35.8 Å². The predicted octanol–water partition coefficient (Wildman–Crippen LogP) is 2.72. The fourth-order valence-corrected chi connectivity index (χ4v) is 5.95. The normalized spacial score (nSPS) is 31.9. The first-order valence-electron chi connectivity index (χ1n) is 10.5. The third kappa shape index (κ3) is 2.53. The van der Waals surface area contributed by atoms with E-state index in [9.17, 15) is 4.79 Å². The van der Waals surface area contributed by atoms with Gasteiger partial charge in [0.05, 0.1) is 11.7 Å². The Balaban J connectivity index is 1.39. The van der Waals surface area contributed by atoms with Crippen LogP contribution in [0.2, 0.25) is 0 Å². The molecule has 2 bridgehead atoms. The Hall–Kier alpha value is -2.54. The Labute approximate surface area is 169 Å². The highest BCUT2D eigenvalue weighted by Gasteiger charge is 2.55. The Morgan fingerprint density at radius 1 is 1.10 bits per heavy atom. The van der Waals surface area contributed by atoms with Crippen LogP contribution in [0.3, 0.4) is 0 Å². The van der Waals surface area contributed by atoms with Crippen LogP contribution in [0.1, 0.15) is 46.5 Å². The number of benzene rings is 1. The van der Waals surface area contributed by atoms with E-state index in [1.807, 2.05) is 13.0 Å².